The topological polar surface area (TPSA) is 38.9 Å². The molecule has 8 aromatic rings. The van der Waals surface area contributed by atoms with Crippen LogP contribution in [0.3, 0.4) is 0 Å². The number of pyridine rings is 2. The van der Waals surface area contributed by atoms with Gasteiger partial charge in [0.15, 0.2) is 0 Å². The molecule has 5 aromatic carbocycles. The number of hydrogen-bond acceptors (Lipinski definition) is 3. The number of benzene rings is 5. The van der Waals surface area contributed by atoms with Crippen LogP contribution in [0.1, 0.15) is 48.4 Å². The van der Waals surface area contributed by atoms with Crippen molar-refractivity contribution in [2.75, 3.05) is 0 Å². The first-order chi connectivity index (χ1) is 26.4. The van der Waals surface area contributed by atoms with E-state index < -0.39 is 25.5 Å². The quantitative estimate of drug-likeness (QED) is 0.166. The Balaban J connectivity index is 0.000000233. The summed E-state index contributed by atoms with van der Waals surface area (Å²) in [6.45, 7) is 0.456. The Bertz CT molecular complexity index is 2670. The molecule has 8 rings (SSSR count). The van der Waals surface area contributed by atoms with E-state index >= 15 is 0 Å². The van der Waals surface area contributed by atoms with E-state index in [9.17, 15) is 0 Å². The molecule has 0 saturated heterocycles. The van der Waals surface area contributed by atoms with Crippen LogP contribution in [0.15, 0.2) is 132 Å². The zero-order valence-corrected chi connectivity index (χ0v) is 29.7. The van der Waals surface area contributed by atoms with Gasteiger partial charge in [-0.3, -0.25) is 0 Å². The third-order valence-electron chi connectivity index (χ3n) is 7.94. The van der Waals surface area contributed by atoms with Gasteiger partial charge in [0.25, 0.3) is 0 Å². The van der Waals surface area contributed by atoms with Gasteiger partial charge in [-0.15, -0.1) is 54.1 Å². The molecule has 3 heterocycles. The molecule has 0 N–H and O–H groups in total. The van der Waals surface area contributed by atoms with E-state index in [1.807, 2.05) is 106 Å². The van der Waals surface area contributed by atoms with Crippen molar-refractivity contribution in [3.05, 3.63) is 156 Å². The van der Waals surface area contributed by atoms with Gasteiger partial charge in [0.1, 0.15) is 5.58 Å². The van der Waals surface area contributed by atoms with E-state index in [1.165, 1.54) is 6.07 Å². The summed E-state index contributed by atoms with van der Waals surface area (Å²) in [7, 11) is 0. The maximum absolute atomic E-state index is 8.21. The molecular weight excluding hydrogens is 777 g/mol. The Morgan fingerprint density at radius 3 is 2.22 bits per heavy atom. The average molecular weight is 823 g/mol. The van der Waals surface area contributed by atoms with Crippen LogP contribution in [0, 0.1) is 31.3 Å². The third kappa shape index (κ3) is 7.27. The van der Waals surface area contributed by atoms with Crippen LogP contribution in [0.2, 0.25) is 0 Å². The summed E-state index contributed by atoms with van der Waals surface area (Å²) >= 11 is 0. The molecule has 0 aliphatic rings. The van der Waals surface area contributed by atoms with Crippen molar-refractivity contribution >= 4 is 32.7 Å². The molecule has 0 amide bonds. The van der Waals surface area contributed by atoms with Gasteiger partial charge in [0.2, 0.25) is 0 Å². The second-order valence-electron chi connectivity index (χ2n) is 12.6. The molecule has 0 atom stereocenters. The molecule has 0 spiro atoms. The predicted octanol–water partition coefficient (Wildman–Crippen LogP) is 12.0. The van der Waals surface area contributed by atoms with Crippen molar-refractivity contribution in [2.45, 2.75) is 40.8 Å². The van der Waals surface area contributed by atoms with E-state index in [0.29, 0.717) is 22.3 Å². The number of fused-ring (bicyclic) bond motifs is 5. The number of aromatic nitrogens is 2. The summed E-state index contributed by atoms with van der Waals surface area (Å²) in [5.74, 6) is 0. The Hall–Kier alpha value is -4.89. The molecule has 0 bridgehead atoms. The molecule has 0 aliphatic carbocycles. The minimum Gasteiger partial charge on any atom is -0.500 e. The molecule has 245 valence electrons. The third-order valence-corrected chi connectivity index (χ3v) is 7.94. The van der Waals surface area contributed by atoms with E-state index in [-0.39, 0.29) is 36.9 Å². The van der Waals surface area contributed by atoms with Crippen LogP contribution in [-0.2, 0) is 26.5 Å². The van der Waals surface area contributed by atoms with Crippen molar-refractivity contribution in [3.8, 4) is 33.6 Å². The Morgan fingerprint density at radius 1 is 0.714 bits per heavy atom. The number of rotatable bonds is 4. The van der Waals surface area contributed by atoms with Crippen molar-refractivity contribution in [1.29, 1.82) is 0 Å². The minimum atomic E-state index is -2.63. The van der Waals surface area contributed by atoms with E-state index in [0.717, 1.165) is 50.1 Å². The standard InChI is InChI=1S/C29H20NO.C16H18N.Ir/c1-18-15-26(30-17-19(18)2)23-13-8-14-24-27-25(20-9-4-3-5-10-20)16-21-11-6-7-12-22(21)29(27)31-28(23)24;1-16(2,3)11-13-9-10-15(17-12-13)14-7-5-4-6-8-14;/h3-12,14-17H,1-2H3;4-7,9-10,12H,11H2,1-3H3;/q2*-1;/i1D3,2D3;11D2;. The first kappa shape index (κ1) is 25.1. The molecule has 3 aromatic heterocycles. The monoisotopic (exact) mass is 823 g/mol. The largest absolute Gasteiger partial charge is 0.500 e. The van der Waals surface area contributed by atoms with Crippen molar-refractivity contribution in [1.82, 2.24) is 9.97 Å². The molecule has 3 nitrogen and oxygen atoms in total. The second kappa shape index (κ2) is 14.3. The maximum Gasteiger partial charge on any atom is 0.129 e. The molecule has 0 aliphatic heterocycles. The summed E-state index contributed by atoms with van der Waals surface area (Å²) in [4.78, 5) is 8.71. The second-order valence-corrected chi connectivity index (χ2v) is 12.6. The molecule has 4 heteroatoms. The minimum absolute atomic E-state index is 0. The SMILES string of the molecule is [2H]C([2H])([2H])c1cnc(-c2[c-]ccc3c2oc2c4ccccc4cc(-c4ccccc4)c32)cc1C([2H])([2H])[2H].[2H]C([2H])(c1ccc(-c2[c-]cccc2)nc1)C(C)(C)C.[Ir]. The van der Waals surface area contributed by atoms with E-state index in [4.69, 9.17) is 15.4 Å². The fraction of sp³-hybridized carbons (Fsp3) is 0.156. The maximum atomic E-state index is 8.21. The van der Waals surface area contributed by atoms with Gasteiger partial charge in [0, 0.05) is 54.2 Å². The summed E-state index contributed by atoms with van der Waals surface area (Å²) in [6.07, 6.45) is 1.35. The van der Waals surface area contributed by atoms with Crippen LogP contribution in [0.4, 0.5) is 0 Å². The molecule has 0 saturated carbocycles. The zero-order chi connectivity index (χ0) is 40.0. The fourth-order valence-electron chi connectivity index (χ4n) is 5.82. The first-order valence-electron chi connectivity index (χ1n) is 19.7. The zero-order valence-electron chi connectivity index (χ0n) is 35.3. The number of hydrogen-bond donors (Lipinski definition) is 0. The van der Waals surface area contributed by atoms with Crippen LogP contribution in [0.5, 0.6) is 0 Å². The average Bonchev–Trinajstić information content (AvgIpc) is 3.58. The Morgan fingerprint density at radius 2 is 1.49 bits per heavy atom. The van der Waals surface area contributed by atoms with Gasteiger partial charge in [-0.05, 0) is 70.6 Å². The van der Waals surface area contributed by atoms with Gasteiger partial charge in [-0.25, -0.2) is 0 Å². The summed E-state index contributed by atoms with van der Waals surface area (Å²) in [6, 6.07) is 42.8. The van der Waals surface area contributed by atoms with Gasteiger partial charge < -0.3 is 14.4 Å². The van der Waals surface area contributed by atoms with Crippen molar-refractivity contribution in [2.24, 2.45) is 5.41 Å². The molecular formula is C45H38IrN2O-2. The van der Waals surface area contributed by atoms with Crippen LogP contribution < -0.4 is 0 Å². The first-order valence-corrected chi connectivity index (χ1v) is 15.7. The smallest absolute Gasteiger partial charge is 0.129 e. The molecule has 0 unspecified atom stereocenters. The Labute approximate surface area is 313 Å². The number of aryl methyl sites for hydroxylation is 2. The fourth-order valence-corrected chi connectivity index (χ4v) is 5.82. The van der Waals surface area contributed by atoms with Crippen LogP contribution in [0.25, 0.3) is 66.4 Å². The molecule has 0 fully saturated rings. The normalized spacial score (nSPS) is 14.5. The number of nitrogens with zero attached hydrogens (tertiary/aromatic N) is 2. The van der Waals surface area contributed by atoms with E-state index in [1.54, 1.807) is 12.3 Å². The van der Waals surface area contributed by atoms with Gasteiger partial charge >= 0.3 is 0 Å². The van der Waals surface area contributed by atoms with Gasteiger partial charge in [-0.2, -0.15) is 0 Å². The summed E-state index contributed by atoms with van der Waals surface area (Å²) < 4.78 is 70.1. The van der Waals surface area contributed by atoms with E-state index in [2.05, 4.69) is 40.3 Å². The molecule has 49 heavy (non-hydrogen) atoms. The van der Waals surface area contributed by atoms with Gasteiger partial charge in [0.05, 0.1) is 5.58 Å². The van der Waals surface area contributed by atoms with Crippen molar-refractivity contribution < 1.29 is 35.5 Å². The molecule has 1 radical (unpaired) electrons. The van der Waals surface area contributed by atoms with Crippen LogP contribution in [-0.4, -0.2) is 9.97 Å². The predicted molar refractivity (Wildman–Crippen MR) is 200 cm³/mol. The number of furan rings is 1. The Kier molecular flexibility index (Phi) is 7.34. The summed E-state index contributed by atoms with van der Waals surface area (Å²) in [5, 5.41) is 3.76. The van der Waals surface area contributed by atoms with Crippen LogP contribution >= 0.6 is 0 Å². The van der Waals surface area contributed by atoms with Gasteiger partial charge in [-0.1, -0.05) is 110 Å². The summed E-state index contributed by atoms with van der Waals surface area (Å²) in [5.41, 5.74) is 5.38. The van der Waals surface area contributed by atoms with Crippen molar-refractivity contribution in [3.63, 3.8) is 0 Å².